The van der Waals surface area contributed by atoms with Crippen LogP contribution in [-0.4, -0.2) is 42.7 Å². The summed E-state index contributed by atoms with van der Waals surface area (Å²) in [5.74, 6) is 1.27. The van der Waals surface area contributed by atoms with Crippen LogP contribution >= 0.6 is 11.3 Å². The van der Waals surface area contributed by atoms with Gasteiger partial charge in [0.2, 0.25) is 5.91 Å². The monoisotopic (exact) mass is 360 g/mol. The highest BCUT2D eigenvalue weighted by atomic mass is 32.1. The molecule has 0 bridgehead atoms. The summed E-state index contributed by atoms with van der Waals surface area (Å²) < 4.78 is 11.1. The van der Waals surface area contributed by atoms with Gasteiger partial charge in [-0.2, -0.15) is 0 Å². The van der Waals surface area contributed by atoms with Crippen LogP contribution in [0.15, 0.2) is 29.8 Å². The van der Waals surface area contributed by atoms with Crippen LogP contribution in [0.25, 0.3) is 0 Å². The maximum absolute atomic E-state index is 12.3. The number of nitrogens with one attached hydrogen (secondary N) is 2. The molecule has 1 aromatic carbocycles. The molecule has 1 unspecified atom stereocenters. The maximum atomic E-state index is 12.3. The van der Waals surface area contributed by atoms with Gasteiger partial charge in [-0.15, -0.1) is 11.3 Å². The summed E-state index contributed by atoms with van der Waals surface area (Å²) in [6, 6.07) is 4.79. The number of fused-ring (bicyclic) bond motifs is 1. The average Bonchev–Trinajstić information content (AvgIpc) is 3.24. The predicted octanol–water partition coefficient (Wildman–Crippen LogP) is 1.84. The van der Waals surface area contributed by atoms with Crippen molar-refractivity contribution >= 4 is 34.1 Å². The van der Waals surface area contributed by atoms with Crippen molar-refractivity contribution in [3.8, 4) is 11.5 Å². The molecule has 2 aromatic rings. The van der Waals surface area contributed by atoms with E-state index in [4.69, 9.17) is 9.47 Å². The van der Waals surface area contributed by atoms with Crippen molar-refractivity contribution in [3.05, 3.63) is 29.8 Å². The van der Waals surface area contributed by atoms with E-state index in [2.05, 4.69) is 15.6 Å². The Labute approximate surface area is 147 Å². The van der Waals surface area contributed by atoms with Gasteiger partial charge in [-0.3, -0.25) is 10.1 Å². The van der Waals surface area contributed by atoms with Crippen molar-refractivity contribution in [2.45, 2.75) is 12.5 Å². The first kappa shape index (κ1) is 15.7. The molecule has 130 valence electrons. The number of rotatable bonds is 3. The fourth-order valence-electron chi connectivity index (χ4n) is 2.86. The molecule has 9 heteroatoms. The topological polar surface area (TPSA) is 92.8 Å². The molecule has 1 aromatic heterocycles. The highest BCUT2D eigenvalue weighted by molar-refractivity contribution is 7.13. The van der Waals surface area contributed by atoms with Crippen LogP contribution in [0, 0.1) is 0 Å². The standard InChI is InChI=1S/C16H16N4O4S/c21-14-7-10(18-15(22)19-16-17-3-6-25-16)9-20(14)11-1-2-12-13(8-11)24-5-4-23-12/h1-3,6,8,10H,4-5,7,9H2,(H2,17,18,19,22). The van der Waals surface area contributed by atoms with Crippen LogP contribution in [0.5, 0.6) is 11.5 Å². The first-order valence-electron chi connectivity index (χ1n) is 7.86. The largest absolute Gasteiger partial charge is 0.486 e. The highest BCUT2D eigenvalue weighted by Crippen LogP contribution is 2.35. The van der Waals surface area contributed by atoms with E-state index in [-0.39, 0.29) is 24.4 Å². The maximum Gasteiger partial charge on any atom is 0.321 e. The first-order chi connectivity index (χ1) is 12.2. The number of thiazole rings is 1. The molecule has 2 N–H and O–H groups in total. The molecule has 3 amide bonds. The van der Waals surface area contributed by atoms with Gasteiger partial charge in [0.1, 0.15) is 13.2 Å². The second-order valence-corrected chi connectivity index (χ2v) is 6.56. The molecular weight excluding hydrogens is 344 g/mol. The third kappa shape index (κ3) is 3.36. The molecule has 1 saturated heterocycles. The van der Waals surface area contributed by atoms with Crippen molar-refractivity contribution in [3.63, 3.8) is 0 Å². The number of amides is 3. The Bertz CT molecular complexity index is 795. The second-order valence-electron chi connectivity index (χ2n) is 5.67. The number of carbonyl (C=O) groups is 2. The number of benzene rings is 1. The lowest BCUT2D eigenvalue weighted by molar-refractivity contribution is -0.117. The number of carbonyl (C=O) groups excluding carboxylic acids is 2. The number of urea groups is 1. The summed E-state index contributed by atoms with van der Waals surface area (Å²) in [6.45, 7) is 1.42. The van der Waals surface area contributed by atoms with Crippen LogP contribution < -0.4 is 25.0 Å². The molecule has 4 rings (SSSR count). The number of nitrogens with zero attached hydrogens (tertiary/aromatic N) is 2. The van der Waals surface area contributed by atoms with Crippen molar-refractivity contribution in [1.82, 2.24) is 10.3 Å². The van der Waals surface area contributed by atoms with Gasteiger partial charge >= 0.3 is 6.03 Å². The van der Waals surface area contributed by atoms with Gasteiger partial charge in [-0.05, 0) is 12.1 Å². The van der Waals surface area contributed by atoms with E-state index in [0.717, 1.165) is 5.69 Å². The van der Waals surface area contributed by atoms with E-state index in [1.165, 1.54) is 11.3 Å². The van der Waals surface area contributed by atoms with Crippen molar-refractivity contribution < 1.29 is 19.1 Å². The third-order valence-electron chi connectivity index (χ3n) is 3.95. The van der Waals surface area contributed by atoms with E-state index in [9.17, 15) is 9.59 Å². The van der Waals surface area contributed by atoms with Crippen LogP contribution in [0.2, 0.25) is 0 Å². The SMILES string of the molecule is O=C(Nc1nccs1)NC1CC(=O)N(c2ccc3c(c2)OCCO3)C1. The van der Waals surface area contributed by atoms with Crippen molar-refractivity contribution in [2.24, 2.45) is 0 Å². The van der Waals surface area contributed by atoms with Gasteiger partial charge in [-0.25, -0.2) is 9.78 Å². The third-order valence-corrected chi connectivity index (χ3v) is 4.64. The van der Waals surface area contributed by atoms with Crippen molar-refractivity contribution in [2.75, 3.05) is 30.0 Å². The Morgan fingerprint density at radius 3 is 2.92 bits per heavy atom. The lowest BCUT2D eigenvalue weighted by atomic mass is 10.2. The first-order valence-corrected chi connectivity index (χ1v) is 8.74. The van der Waals surface area contributed by atoms with Crippen molar-refractivity contribution in [1.29, 1.82) is 0 Å². The summed E-state index contributed by atoms with van der Waals surface area (Å²) in [6.07, 6.45) is 1.86. The Balaban J connectivity index is 1.41. The molecule has 2 aliphatic rings. The second kappa shape index (κ2) is 6.60. The van der Waals surface area contributed by atoms with Gasteiger partial charge in [0, 0.05) is 36.3 Å². The van der Waals surface area contributed by atoms with Crippen LogP contribution in [-0.2, 0) is 4.79 Å². The minimum Gasteiger partial charge on any atom is -0.486 e. The van der Waals surface area contributed by atoms with E-state index >= 15 is 0 Å². The summed E-state index contributed by atoms with van der Waals surface area (Å²) in [7, 11) is 0. The fourth-order valence-corrected chi connectivity index (χ4v) is 3.38. The lowest BCUT2D eigenvalue weighted by Crippen LogP contribution is -2.39. The smallest absolute Gasteiger partial charge is 0.321 e. The molecular formula is C16H16N4O4S. The van der Waals surface area contributed by atoms with E-state index < -0.39 is 0 Å². The molecule has 1 atom stereocenters. The zero-order chi connectivity index (χ0) is 17.2. The predicted molar refractivity (Wildman–Crippen MR) is 92.5 cm³/mol. The van der Waals surface area contributed by atoms with Gasteiger partial charge in [-0.1, -0.05) is 0 Å². The van der Waals surface area contributed by atoms with Crippen LogP contribution in [0.4, 0.5) is 15.6 Å². The quantitative estimate of drug-likeness (QED) is 0.871. The number of ether oxygens (including phenoxy) is 2. The molecule has 2 aliphatic heterocycles. The summed E-state index contributed by atoms with van der Waals surface area (Å²) in [5, 5.41) is 7.75. The number of hydrogen-bond acceptors (Lipinski definition) is 6. The molecule has 0 spiro atoms. The van der Waals surface area contributed by atoms with Gasteiger partial charge in [0.05, 0.1) is 6.04 Å². The average molecular weight is 360 g/mol. The van der Waals surface area contributed by atoms with E-state index in [1.54, 1.807) is 28.6 Å². The Morgan fingerprint density at radius 1 is 1.28 bits per heavy atom. The molecule has 0 radical (unpaired) electrons. The molecule has 1 fully saturated rings. The molecule has 8 nitrogen and oxygen atoms in total. The minimum atomic E-state index is -0.364. The molecule has 25 heavy (non-hydrogen) atoms. The highest BCUT2D eigenvalue weighted by Gasteiger charge is 2.32. The Hall–Kier alpha value is -2.81. The number of anilines is 2. The fraction of sp³-hybridized carbons (Fsp3) is 0.312. The van der Waals surface area contributed by atoms with Crippen LogP contribution in [0.3, 0.4) is 0 Å². The summed E-state index contributed by atoms with van der Waals surface area (Å²) in [4.78, 5) is 29.9. The lowest BCUT2D eigenvalue weighted by Gasteiger charge is -2.22. The zero-order valence-electron chi connectivity index (χ0n) is 13.2. The Kier molecular flexibility index (Phi) is 4.14. The summed E-state index contributed by atoms with van der Waals surface area (Å²) >= 11 is 1.33. The molecule has 3 heterocycles. The van der Waals surface area contributed by atoms with Crippen LogP contribution in [0.1, 0.15) is 6.42 Å². The normalized spacial score (nSPS) is 19.0. The van der Waals surface area contributed by atoms with Gasteiger partial charge in [0.25, 0.3) is 0 Å². The molecule has 0 aliphatic carbocycles. The Morgan fingerprint density at radius 2 is 2.12 bits per heavy atom. The van der Waals surface area contributed by atoms with Gasteiger partial charge in [0.15, 0.2) is 16.6 Å². The minimum absolute atomic E-state index is 0.0452. The van der Waals surface area contributed by atoms with E-state index in [1.807, 2.05) is 6.07 Å². The molecule has 0 saturated carbocycles. The zero-order valence-corrected chi connectivity index (χ0v) is 14.0. The number of aromatic nitrogens is 1. The van der Waals surface area contributed by atoms with E-state index in [0.29, 0.717) is 36.4 Å². The summed E-state index contributed by atoms with van der Waals surface area (Å²) in [5.41, 5.74) is 0.735. The number of hydrogen-bond donors (Lipinski definition) is 2. The van der Waals surface area contributed by atoms with Gasteiger partial charge < -0.3 is 19.7 Å².